The highest BCUT2D eigenvalue weighted by Gasteiger charge is 2.44. The highest BCUT2D eigenvalue weighted by Crippen LogP contribution is 2.42. The molecule has 1 aliphatic rings. The summed E-state index contributed by atoms with van der Waals surface area (Å²) in [6.07, 6.45) is 0. The highest BCUT2D eigenvalue weighted by atomic mass is 16.5. The predicted octanol–water partition coefficient (Wildman–Crippen LogP) is 0.819. The van der Waals surface area contributed by atoms with E-state index >= 15 is 0 Å². The van der Waals surface area contributed by atoms with Gasteiger partial charge in [0.25, 0.3) is 0 Å². The summed E-state index contributed by atoms with van der Waals surface area (Å²) < 4.78 is 14.7. The van der Waals surface area contributed by atoms with E-state index in [9.17, 15) is 14.9 Å². The number of para-hydroxylation sites is 1. The Morgan fingerprint density at radius 1 is 1.27 bits per heavy atom. The molecule has 114 valence electrons. The van der Waals surface area contributed by atoms with Crippen LogP contribution in [0.3, 0.4) is 0 Å². The number of methoxy groups -OCH3 is 2. The molecule has 1 aromatic carbocycles. The zero-order chi connectivity index (χ0) is 16.3. The first-order chi connectivity index (χ1) is 10.5. The van der Waals surface area contributed by atoms with Crippen LogP contribution in [-0.4, -0.2) is 26.2 Å². The Hall–Kier alpha value is -3.01. The molecule has 7 nitrogen and oxygen atoms in total. The van der Waals surface area contributed by atoms with Gasteiger partial charge in [0.05, 0.1) is 25.7 Å². The largest absolute Gasteiger partial charge is 0.468 e. The lowest BCUT2D eigenvalue weighted by Crippen LogP contribution is -2.36. The molecule has 2 N–H and O–H groups in total. The fraction of sp³-hybridized carbons (Fsp3) is 0.267. The first kappa shape index (κ1) is 15.4. The summed E-state index contributed by atoms with van der Waals surface area (Å²) in [6.45, 7) is 0. The van der Waals surface area contributed by atoms with E-state index in [2.05, 4.69) is 9.47 Å². The smallest absolute Gasteiger partial charge is 0.321 e. The fourth-order valence-corrected chi connectivity index (χ4v) is 2.41. The summed E-state index contributed by atoms with van der Waals surface area (Å²) in [4.78, 5) is 24.1. The third-order valence-corrected chi connectivity index (χ3v) is 3.41. The number of carbonyl (C=O) groups excluding carboxylic acids is 2. The van der Waals surface area contributed by atoms with E-state index in [1.807, 2.05) is 6.07 Å². The molecule has 1 aromatic rings. The Morgan fingerprint density at radius 3 is 2.41 bits per heavy atom. The molecule has 1 unspecified atom stereocenters. The van der Waals surface area contributed by atoms with Crippen LogP contribution in [-0.2, 0) is 19.1 Å². The second-order valence-corrected chi connectivity index (χ2v) is 4.53. The molecular formula is C15H14N2O5. The summed E-state index contributed by atoms with van der Waals surface area (Å²) in [7, 11) is 2.31. The number of ether oxygens (including phenoxy) is 3. The Labute approximate surface area is 126 Å². The molecule has 1 heterocycles. The van der Waals surface area contributed by atoms with Crippen LogP contribution in [0.2, 0.25) is 0 Å². The van der Waals surface area contributed by atoms with Crippen molar-refractivity contribution in [3.05, 3.63) is 41.3 Å². The third-order valence-electron chi connectivity index (χ3n) is 3.41. The maximum absolute atomic E-state index is 12.1. The molecule has 0 saturated carbocycles. The Morgan fingerprint density at radius 2 is 1.86 bits per heavy atom. The molecular weight excluding hydrogens is 288 g/mol. The zero-order valence-corrected chi connectivity index (χ0v) is 12.0. The number of allylic oxidation sites excluding steroid dienone is 1. The van der Waals surface area contributed by atoms with Crippen LogP contribution >= 0.6 is 0 Å². The summed E-state index contributed by atoms with van der Waals surface area (Å²) in [6, 6.07) is 8.61. The van der Waals surface area contributed by atoms with Crippen LogP contribution in [0.5, 0.6) is 5.75 Å². The van der Waals surface area contributed by atoms with Gasteiger partial charge in [-0.2, -0.15) is 5.26 Å². The van der Waals surface area contributed by atoms with Crippen molar-refractivity contribution in [3.63, 3.8) is 0 Å². The number of hydrogen-bond donors (Lipinski definition) is 1. The zero-order valence-electron chi connectivity index (χ0n) is 12.0. The van der Waals surface area contributed by atoms with E-state index in [1.165, 1.54) is 0 Å². The summed E-state index contributed by atoms with van der Waals surface area (Å²) >= 11 is 0. The van der Waals surface area contributed by atoms with E-state index in [0.29, 0.717) is 11.3 Å². The Balaban J connectivity index is 2.65. The number of hydrogen-bond acceptors (Lipinski definition) is 7. The first-order valence-electron chi connectivity index (χ1n) is 6.37. The van der Waals surface area contributed by atoms with E-state index in [1.54, 1.807) is 24.3 Å². The van der Waals surface area contributed by atoms with Gasteiger partial charge in [0, 0.05) is 5.56 Å². The van der Waals surface area contributed by atoms with E-state index in [0.717, 1.165) is 14.2 Å². The summed E-state index contributed by atoms with van der Waals surface area (Å²) in [5.74, 6) is -3.66. The van der Waals surface area contributed by atoms with E-state index in [-0.39, 0.29) is 11.5 Å². The van der Waals surface area contributed by atoms with Crippen molar-refractivity contribution in [2.24, 2.45) is 11.7 Å². The number of nitriles is 1. The Kier molecular flexibility index (Phi) is 4.32. The van der Waals surface area contributed by atoms with Gasteiger partial charge in [-0.15, -0.1) is 0 Å². The quantitative estimate of drug-likeness (QED) is 0.649. The van der Waals surface area contributed by atoms with Crippen LogP contribution in [0.15, 0.2) is 35.7 Å². The standard InChI is InChI=1S/C15H14N2O5/c1-20-14(18)12(15(19)21-2)11-8-5-3-4-6-10(8)22-13(17)9(11)7-16/h3-6,11-12H,17H2,1-2H3. The summed E-state index contributed by atoms with van der Waals surface area (Å²) in [5, 5.41) is 9.34. The van der Waals surface area contributed by atoms with Crippen molar-refractivity contribution in [1.82, 2.24) is 0 Å². The molecule has 0 fully saturated rings. The maximum atomic E-state index is 12.1. The second kappa shape index (κ2) is 6.18. The molecule has 0 saturated heterocycles. The van der Waals surface area contributed by atoms with Gasteiger partial charge in [0.2, 0.25) is 5.88 Å². The van der Waals surface area contributed by atoms with E-state index in [4.69, 9.17) is 10.5 Å². The lowest BCUT2D eigenvalue weighted by molar-refractivity contribution is -0.159. The molecule has 1 aliphatic heterocycles. The van der Waals surface area contributed by atoms with Crippen molar-refractivity contribution in [2.45, 2.75) is 5.92 Å². The van der Waals surface area contributed by atoms with Gasteiger partial charge in [-0.3, -0.25) is 9.59 Å². The van der Waals surface area contributed by atoms with Gasteiger partial charge in [-0.1, -0.05) is 18.2 Å². The molecule has 0 aromatic heterocycles. The predicted molar refractivity (Wildman–Crippen MR) is 74.2 cm³/mol. The SMILES string of the molecule is COC(=O)C(C(=O)OC)C1C(C#N)=C(N)Oc2ccccc21. The highest BCUT2D eigenvalue weighted by molar-refractivity contribution is 5.97. The van der Waals surface area contributed by atoms with Crippen LogP contribution in [0.1, 0.15) is 11.5 Å². The number of rotatable bonds is 3. The second-order valence-electron chi connectivity index (χ2n) is 4.53. The number of esters is 2. The number of nitrogens with zero attached hydrogens (tertiary/aromatic N) is 1. The molecule has 0 aliphatic carbocycles. The molecule has 2 rings (SSSR count). The van der Waals surface area contributed by atoms with Crippen LogP contribution < -0.4 is 10.5 Å². The summed E-state index contributed by atoms with van der Waals surface area (Å²) in [5.41, 5.74) is 6.23. The number of benzene rings is 1. The van der Waals surface area contributed by atoms with Crippen molar-refractivity contribution < 1.29 is 23.8 Å². The molecule has 0 radical (unpaired) electrons. The number of fused-ring (bicyclic) bond motifs is 1. The average Bonchev–Trinajstić information content (AvgIpc) is 2.54. The van der Waals surface area contributed by atoms with Gasteiger partial charge in [0.1, 0.15) is 11.8 Å². The minimum absolute atomic E-state index is 0.0144. The fourth-order valence-electron chi connectivity index (χ4n) is 2.41. The van der Waals surface area contributed by atoms with Crippen molar-refractivity contribution in [3.8, 4) is 11.8 Å². The number of nitrogens with two attached hydrogens (primary N) is 1. The average molecular weight is 302 g/mol. The molecule has 22 heavy (non-hydrogen) atoms. The minimum atomic E-state index is -1.34. The van der Waals surface area contributed by atoms with Crippen molar-refractivity contribution >= 4 is 11.9 Å². The normalized spacial score (nSPS) is 16.4. The van der Waals surface area contributed by atoms with Gasteiger partial charge in [-0.25, -0.2) is 0 Å². The van der Waals surface area contributed by atoms with Gasteiger partial charge < -0.3 is 19.9 Å². The maximum Gasteiger partial charge on any atom is 0.321 e. The minimum Gasteiger partial charge on any atom is -0.468 e. The first-order valence-corrected chi connectivity index (χ1v) is 6.37. The van der Waals surface area contributed by atoms with Crippen LogP contribution in [0.25, 0.3) is 0 Å². The molecule has 0 bridgehead atoms. The van der Waals surface area contributed by atoms with Crippen molar-refractivity contribution in [1.29, 1.82) is 5.26 Å². The van der Waals surface area contributed by atoms with Gasteiger partial charge >= 0.3 is 11.9 Å². The van der Waals surface area contributed by atoms with Gasteiger partial charge in [0.15, 0.2) is 5.92 Å². The lowest BCUT2D eigenvalue weighted by Gasteiger charge is -2.29. The third kappa shape index (κ3) is 2.46. The molecule has 7 heteroatoms. The lowest BCUT2D eigenvalue weighted by atomic mass is 9.79. The monoisotopic (exact) mass is 302 g/mol. The molecule has 0 spiro atoms. The van der Waals surface area contributed by atoms with Crippen molar-refractivity contribution in [2.75, 3.05) is 14.2 Å². The Bertz CT molecular complexity index is 673. The molecule has 0 amide bonds. The topological polar surface area (TPSA) is 112 Å². The van der Waals surface area contributed by atoms with E-state index < -0.39 is 23.8 Å². The number of carbonyl (C=O) groups is 2. The van der Waals surface area contributed by atoms with Crippen LogP contribution in [0, 0.1) is 17.2 Å². The molecule has 1 atom stereocenters. The van der Waals surface area contributed by atoms with Gasteiger partial charge in [-0.05, 0) is 6.07 Å². The van der Waals surface area contributed by atoms with Crippen LogP contribution in [0.4, 0.5) is 0 Å².